The fourth-order valence-electron chi connectivity index (χ4n) is 3.54. The Morgan fingerprint density at radius 3 is 2.55 bits per heavy atom. The number of esters is 1. The smallest absolute Gasteiger partial charge is 0.366 e. The highest BCUT2D eigenvalue weighted by molar-refractivity contribution is 5.79. The summed E-state index contributed by atoms with van der Waals surface area (Å²) < 4.78 is 24.1. The zero-order valence-electron chi connectivity index (χ0n) is 16.7. The van der Waals surface area contributed by atoms with Crippen molar-refractivity contribution in [2.24, 2.45) is 0 Å². The lowest BCUT2D eigenvalue weighted by Gasteiger charge is -2.35. The molecule has 0 spiro atoms. The van der Waals surface area contributed by atoms with Gasteiger partial charge in [0.2, 0.25) is 0 Å². The maximum absolute atomic E-state index is 11.7. The first-order valence-corrected chi connectivity index (χ1v) is 9.72. The molecule has 29 heavy (non-hydrogen) atoms. The van der Waals surface area contributed by atoms with Gasteiger partial charge in [-0.05, 0) is 35.2 Å². The minimum Gasteiger partial charge on any atom is -0.492 e. The van der Waals surface area contributed by atoms with Gasteiger partial charge in [-0.2, -0.15) is 0 Å². The van der Waals surface area contributed by atoms with Crippen LogP contribution < -0.4 is 4.74 Å². The van der Waals surface area contributed by atoms with Crippen molar-refractivity contribution in [2.75, 3.05) is 26.9 Å². The van der Waals surface area contributed by atoms with Gasteiger partial charge in [0.05, 0.1) is 26.9 Å². The summed E-state index contributed by atoms with van der Waals surface area (Å²) in [4.78, 5) is 11.7. The summed E-state index contributed by atoms with van der Waals surface area (Å²) in [5.41, 5.74) is 2.29. The second-order valence-corrected chi connectivity index (χ2v) is 7.24. The summed E-state index contributed by atoms with van der Waals surface area (Å²) >= 11 is 0. The highest BCUT2D eigenvalue weighted by Gasteiger charge is 2.41. The van der Waals surface area contributed by atoms with Crippen LogP contribution in [0.4, 0.5) is 0 Å². The van der Waals surface area contributed by atoms with Gasteiger partial charge >= 0.3 is 5.97 Å². The lowest BCUT2D eigenvalue weighted by atomic mass is 9.99. The van der Waals surface area contributed by atoms with E-state index in [1.54, 1.807) is 6.92 Å². The average Bonchev–Trinajstić information content (AvgIpc) is 3.17. The molecule has 0 atom stereocenters. The van der Waals surface area contributed by atoms with Crippen LogP contribution in [0.1, 0.15) is 18.4 Å². The Labute approximate surface area is 169 Å². The molecule has 1 aliphatic rings. The van der Waals surface area contributed by atoms with E-state index in [0.717, 1.165) is 17.9 Å². The SMILES string of the molecule is COC(=O)[C@]1(C)OC[C@H](c2ccc(OCCn3ccc4ccccc43)cc2)CO1. The highest BCUT2D eigenvalue weighted by Crippen LogP contribution is 2.29. The fraction of sp³-hybridized carbons (Fsp3) is 0.348. The van der Waals surface area contributed by atoms with Crippen LogP contribution in [0.3, 0.4) is 0 Å². The molecule has 2 heterocycles. The molecular formula is C23H25NO5. The molecule has 0 radical (unpaired) electrons. The summed E-state index contributed by atoms with van der Waals surface area (Å²) in [7, 11) is 1.32. The summed E-state index contributed by atoms with van der Waals surface area (Å²) in [6.45, 7) is 3.75. The van der Waals surface area contributed by atoms with Gasteiger partial charge in [-0.3, -0.25) is 0 Å². The number of hydrogen-bond donors (Lipinski definition) is 0. The fourth-order valence-corrected chi connectivity index (χ4v) is 3.54. The van der Waals surface area contributed by atoms with Gasteiger partial charge in [0.25, 0.3) is 5.79 Å². The number of rotatable bonds is 6. The summed E-state index contributed by atoms with van der Waals surface area (Å²) in [6.07, 6.45) is 2.09. The Balaban J connectivity index is 1.30. The molecule has 4 rings (SSSR count). The molecule has 1 aliphatic heterocycles. The van der Waals surface area contributed by atoms with Crippen LogP contribution in [0, 0.1) is 0 Å². The van der Waals surface area contributed by atoms with Crippen LogP contribution in [0.25, 0.3) is 10.9 Å². The Bertz CT molecular complexity index is 970. The predicted molar refractivity (Wildman–Crippen MR) is 109 cm³/mol. The van der Waals surface area contributed by atoms with Gasteiger partial charge in [-0.1, -0.05) is 30.3 Å². The first-order valence-electron chi connectivity index (χ1n) is 9.72. The largest absolute Gasteiger partial charge is 0.492 e. The average molecular weight is 395 g/mol. The van der Waals surface area contributed by atoms with Gasteiger partial charge in [0.1, 0.15) is 12.4 Å². The van der Waals surface area contributed by atoms with Gasteiger partial charge < -0.3 is 23.5 Å². The second kappa shape index (κ2) is 8.27. The highest BCUT2D eigenvalue weighted by atomic mass is 16.7. The van der Waals surface area contributed by atoms with E-state index in [2.05, 4.69) is 29.0 Å². The zero-order valence-corrected chi connectivity index (χ0v) is 16.7. The number of para-hydroxylation sites is 1. The van der Waals surface area contributed by atoms with E-state index in [1.165, 1.54) is 18.0 Å². The normalized spacial score (nSPS) is 21.8. The molecule has 0 amide bonds. The Morgan fingerprint density at radius 1 is 1.10 bits per heavy atom. The van der Waals surface area contributed by atoms with Crippen molar-refractivity contribution in [3.05, 3.63) is 66.4 Å². The van der Waals surface area contributed by atoms with E-state index < -0.39 is 11.8 Å². The molecule has 1 fully saturated rings. The number of ether oxygens (including phenoxy) is 4. The first-order chi connectivity index (χ1) is 14.1. The topological polar surface area (TPSA) is 58.9 Å². The van der Waals surface area contributed by atoms with Crippen LogP contribution in [-0.4, -0.2) is 43.3 Å². The van der Waals surface area contributed by atoms with Crippen molar-refractivity contribution in [1.82, 2.24) is 4.57 Å². The maximum atomic E-state index is 11.7. The van der Waals surface area contributed by atoms with E-state index in [-0.39, 0.29) is 5.92 Å². The lowest BCUT2D eigenvalue weighted by molar-refractivity contribution is -0.264. The Hall–Kier alpha value is -2.83. The first kappa shape index (κ1) is 19.5. The Morgan fingerprint density at radius 2 is 1.83 bits per heavy atom. The summed E-state index contributed by atoms with van der Waals surface area (Å²) in [6, 6.07) is 18.4. The summed E-state index contributed by atoms with van der Waals surface area (Å²) in [5.74, 6) is -0.956. The number of aromatic nitrogens is 1. The molecular weight excluding hydrogens is 370 g/mol. The van der Waals surface area contributed by atoms with Crippen molar-refractivity contribution in [2.45, 2.75) is 25.2 Å². The minimum atomic E-state index is -1.32. The summed E-state index contributed by atoms with van der Waals surface area (Å²) in [5, 5.41) is 1.23. The Kier molecular flexibility index (Phi) is 5.56. The standard InChI is InChI=1S/C23H25NO5/c1-23(22(25)26-2)28-15-19(16-29-23)17-7-9-20(10-8-17)27-14-13-24-12-11-18-5-3-4-6-21(18)24/h3-12,19H,13-16H2,1-2H3/t19-,23+. The van der Waals surface area contributed by atoms with E-state index >= 15 is 0 Å². The molecule has 2 aromatic carbocycles. The number of fused-ring (bicyclic) bond motifs is 1. The predicted octanol–water partition coefficient (Wildman–Crippen LogP) is 3.74. The van der Waals surface area contributed by atoms with E-state index in [1.807, 2.05) is 36.4 Å². The van der Waals surface area contributed by atoms with E-state index in [9.17, 15) is 4.79 Å². The van der Waals surface area contributed by atoms with Crippen molar-refractivity contribution >= 4 is 16.9 Å². The third-order valence-corrected chi connectivity index (χ3v) is 5.31. The molecule has 3 aromatic rings. The molecule has 0 unspecified atom stereocenters. The van der Waals surface area contributed by atoms with Crippen LogP contribution in [-0.2, 0) is 25.5 Å². The van der Waals surface area contributed by atoms with Gasteiger partial charge in [-0.15, -0.1) is 0 Å². The molecule has 0 N–H and O–H groups in total. The van der Waals surface area contributed by atoms with Crippen molar-refractivity contribution < 1.29 is 23.7 Å². The molecule has 1 saturated heterocycles. The number of carbonyl (C=O) groups excluding carboxylic acids is 1. The lowest BCUT2D eigenvalue weighted by Crippen LogP contribution is -2.47. The van der Waals surface area contributed by atoms with Gasteiger partial charge in [-0.25, -0.2) is 4.79 Å². The second-order valence-electron chi connectivity index (χ2n) is 7.24. The monoisotopic (exact) mass is 395 g/mol. The number of hydrogen-bond acceptors (Lipinski definition) is 5. The molecule has 0 saturated carbocycles. The van der Waals surface area contributed by atoms with Crippen LogP contribution in [0.2, 0.25) is 0 Å². The van der Waals surface area contributed by atoms with Crippen LogP contribution >= 0.6 is 0 Å². The van der Waals surface area contributed by atoms with Gasteiger partial charge in [0, 0.05) is 24.6 Å². The molecule has 6 heteroatoms. The molecule has 0 aliphatic carbocycles. The van der Waals surface area contributed by atoms with Gasteiger partial charge in [0.15, 0.2) is 0 Å². The van der Waals surface area contributed by atoms with E-state index in [0.29, 0.717) is 19.8 Å². The molecule has 1 aromatic heterocycles. The minimum absolute atomic E-state index is 0.0630. The quantitative estimate of drug-likeness (QED) is 0.595. The molecule has 0 bridgehead atoms. The zero-order chi connectivity index (χ0) is 20.3. The third kappa shape index (κ3) is 4.13. The van der Waals surface area contributed by atoms with Crippen molar-refractivity contribution in [1.29, 1.82) is 0 Å². The van der Waals surface area contributed by atoms with Crippen LogP contribution in [0.15, 0.2) is 60.8 Å². The van der Waals surface area contributed by atoms with Crippen LogP contribution in [0.5, 0.6) is 5.75 Å². The number of carbonyl (C=O) groups is 1. The number of methoxy groups -OCH3 is 1. The van der Waals surface area contributed by atoms with Crippen molar-refractivity contribution in [3.63, 3.8) is 0 Å². The van der Waals surface area contributed by atoms with Crippen molar-refractivity contribution in [3.8, 4) is 5.75 Å². The third-order valence-electron chi connectivity index (χ3n) is 5.31. The maximum Gasteiger partial charge on any atom is 0.366 e. The number of nitrogens with zero attached hydrogens (tertiary/aromatic N) is 1. The molecule has 152 valence electrons. The molecule has 6 nitrogen and oxygen atoms in total. The number of benzene rings is 2. The van der Waals surface area contributed by atoms with E-state index in [4.69, 9.17) is 18.9 Å².